The lowest BCUT2D eigenvalue weighted by atomic mass is 10.1. The van der Waals surface area contributed by atoms with Crippen molar-refractivity contribution in [3.05, 3.63) is 46.2 Å². The quantitative estimate of drug-likeness (QED) is 0.777. The summed E-state index contributed by atoms with van der Waals surface area (Å²) >= 11 is 1.54. The van der Waals surface area contributed by atoms with Crippen LogP contribution >= 0.6 is 11.3 Å². The molecule has 0 bridgehead atoms. The molecule has 118 valence electrons. The standard InChI is InChI=1S/C16H15N3O3S/c1-10-7-11(3-4-13(10)21-2)8-14(20)17-16-19-18-15(22-16)12-5-6-23-9-12/h3-7,9H,8H2,1-2H3,(H,17,19,20). The van der Waals surface area contributed by atoms with E-state index >= 15 is 0 Å². The van der Waals surface area contributed by atoms with Gasteiger partial charge in [-0.2, -0.15) is 11.3 Å². The lowest BCUT2D eigenvalue weighted by Crippen LogP contribution is -2.14. The van der Waals surface area contributed by atoms with Gasteiger partial charge in [0.05, 0.1) is 13.5 Å². The second-order valence-electron chi connectivity index (χ2n) is 4.95. The van der Waals surface area contributed by atoms with Gasteiger partial charge in [-0.1, -0.05) is 17.2 Å². The summed E-state index contributed by atoms with van der Waals surface area (Å²) < 4.78 is 10.6. The maximum Gasteiger partial charge on any atom is 0.322 e. The minimum absolute atomic E-state index is 0.0985. The number of carbonyl (C=O) groups excluding carboxylic acids is 1. The van der Waals surface area contributed by atoms with Crippen LogP contribution in [0.1, 0.15) is 11.1 Å². The molecule has 0 saturated carbocycles. The van der Waals surface area contributed by atoms with Gasteiger partial charge in [0, 0.05) is 10.9 Å². The molecule has 0 atom stereocenters. The molecule has 0 fully saturated rings. The second-order valence-corrected chi connectivity index (χ2v) is 5.73. The van der Waals surface area contributed by atoms with Crippen molar-refractivity contribution < 1.29 is 13.9 Å². The van der Waals surface area contributed by atoms with Crippen molar-refractivity contribution in [2.24, 2.45) is 0 Å². The third kappa shape index (κ3) is 3.57. The van der Waals surface area contributed by atoms with E-state index in [1.165, 1.54) is 11.3 Å². The van der Waals surface area contributed by atoms with E-state index in [0.717, 1.165) is 22.4 Å². The fourth-order valence-corrected chi connectivity index (χ4v) is 2.81. The van der Waals surface area contributed by atoms with Gasteiger partial charge in [-0.05, 0) is 35.6 Å². The van der Waals surface area contributed by atoms with Crippen molar-refractivity contribution in [2.75, 3.05) is 12.4 Å². The summed E-state index contributed by atoms with van der Waals surface area (Å²) in [5.41, 5.74) is 2.71. The number of hydrogen-bond acceptors (Lipinski definition) is 6. The molecule has 3 aromatic rings. The molecular formula is C16H15N3O3S. The van der Waals surface area contributed by atoms with E-state index in [1.54, 1.807) is 7.11 Å². The van der Waals surface area contributed by atoms with Crippen molar-refractivity contribution in [3.63, 3.8) is 0 Å². The van der Waals surface area contributed by atoms with Gasteiger partial charge >= 0.3 is 6.01 Å². The van der Waals surface area contributed by atoms with Crippen LogP contribution in [0.2, 0.25) is 0 Å². The number of aryl methyl sites for hydroxylation is 1. The molecule has 7 heteroatoms. The van der Waals surface area contributed by atoms with Crippen LogP contribution in [0.4, 0.5) is 6.01 Å². The topological polar surface area (TPSA) is 77.2 Å². The SMILES string of the molecule is COc1ccc(CC(=O)Nc2nnc(-c3ccsc3)o2)cc1C. The van der Waals surface area contributed by atoms with Gasteiger partial charge in [-0.15, -0.1) is 5.10 Å². The Morgan fingerprint density at radius 3 is 2.91 bits per heavy atom. The summed E-state index contributed by atoms with van der Waals surface area (Å²) in [5, 5.41) is 14.2. The normalized spacial score (nSPS) is 10.5. The molecule has 0 aliphatic carbocycles. The highest BCUT2D eigenvalue weighted by Gasteiger charge is 2.12. The van der Waals surface area contributed by atoms with Crippen molar-refractivity contribution >= 4 is 23.3 Å². The van der Waals surface area contributed by atoms with Gasteiger partial charge in [0.2, 0.25) is 5.91 Å². The fourth-order valence-electron chi connectivity index (χ4n) is 2.18. The summed E-state index contributed by atoms with van der Waals surface area (Å²) in [4.78, 5) is 12.1. The van der Waals surface area contributed by atoms with Gasteiger partial charge < -0.3 is 9.15 Å². The van der Waals surface area contributed by atoms with Crippen LogP contribution in [0.25, 0.3) is 11.5 Å². The molecule has 0 saturated heterocycles. The number of methoxy groups -OCH3 is 1. The smallest absolute Gasteiger partial charge is 0.322 e. The Labute approximate surface area is 137 Å². The van der Waals surface area contributed by atoms with Crippen LogP contribution in [-0.2, 0) is 11.2 Å². The first-order chi connectivity index (χ1) is 11.2. The fraction of sp³-hybridized carbons (Fsp3) is 0.188. The average molecular weight is 329 g/mol. The predicted octanol–water partition coefficient (Wildman–Crippen LogP) is 3.30. The number of aromatic nitrogens is 2. The highest BCUT2D eigenvalue weighted by molar-refractivity contribution is 7.08. The second kappa shape index (κ2) is 6.62. The molecule has 3 rings (SSSR count). The summed E-state index contributed by atoms with van der Waals surface area (Å²) in [7, 11) is 1.62. The number of carbonyl (C=O) groups is 1. The van der Waals surface area contributed by atoms with Crippen LogP contribution in [-0.4, -0.2) is 23.2 Å². The molecular weight excluding hydrogens is 314 g/mol. The molecule has 1 N–H and O–H groups in total. The molecule has 0 radical (unpaired) electrons. The first-order valence-electron chi connectivity index (χ1n) is 6.95. The average Bonchev–Trinajstić information content (AvgIpc) is 3.18. The Bertz CT molecular complexity index is 812. The number of nitrogens with one attached hydrogen (secondary N) is 1. The van der Waals surface area contributed by atoms with Crippen molar-refractivity contribution in [1.82, 2.24) is 10.2 Å². The van der Waals surface area contributed by atoms with E-state index in [1.807, 2.05) is 41.9 Å². The minimum atomic E-state index is -0.213. The first kappa shape index (κ1) is 15.2. The maximum absolute atomic E-state index is 12.1. The molecule has 23 heavy (non-hydrogen) atoms. The highest BCUT2D eigenvalue weighted by Crippen LogP contribution is 2.22. The lowest BCUT2D eigenvalue weighted by Gasteiger charge is -2.06. The zero-order chi connectivity index (χ0) is 16.2. The molecule has 0 spiro atoms. The van der Waals surface area contributed by atoms with Crippen LogP contribution < -0.4 is 10.1 Å². The third-order valence-electron chi connectivity index (χ3n) is 3.26. The number of benzene rings is 1. The van der Waals surface area contributed by atoms with E-state index in [0.29, 0.717) is 5.89 Å². The highest BCUT2D eigenvalue weighted by atomic mass is 32.1. The number of ether oxygens (including phenoxy) is 1. The molecule has 2 aromatic heterocycles. The first-order valence-corrected chi connectivity index (χ1v) is 7.89. The van der Waals surface area contributed by atoms with Gasteiger partial charge in [0.1, 0.15) is 5.75 Å². The molecule has 6 nitrogen and oxygen atoms in total. The van der Waals surface area contributed by atoms with Crippen LogP contribution in [0, 0.1) is 6.92 Å². The van der Waals surface area contributed by atoms with E-state index < -0.39 is 0 Å². The van der Waals surface area contributed by atoms with E-state index in [-0.39, 0.29) is 18.3 Å². The van der Waals surface area contributed by atoms with Crippen molar-refractivity contribution in [1.29, 1.82) is 0 Å². The molecule has 1 aromatic carbocycles. The Hall–Kier alpha value is -2.67. The predicted molar refractivity (Wildman–Crippen MR) is 87.7 cm³/mol. The van der Waals surface area contributed by atoms with Gasteiger partial charge in [-0.3, -0.25) is 10.1 Å². The number of thiophene rings is 1. The Morgan fingerprint density at radius 2 is 2.22 bits per heavy atom. The molecule has 0 aliphatic heterocycles. The van der Waals surface area contributed by atoms with Crippen LogP contribution in [0.15, 0.2) is 39.4 Å². The summed E-state index contributed by atoms with van der Waals surface area (Å²) in [6, 6.07) is 7.60. The molecule has 1 amide bonds. The van der Waals surface area contributed by atoms with E-state index in [9.17, 15) is 4.79 Å². The number of amides is 1. The zero-order valence-corrected chi connectivity index (χ0v) is 13.5. The number of rotatable bonds is 5. The Kier molecular flexibility index (Phi) is 4.38. The zero-order valence-electron chi connectivity index (χ0n) is 12.7. The van der Waals surface area contributed by atoms with Crippen LogP contribution in [0.5, 0.6) is 5.75 Å². The largest absolute Gasteiger partial charge is 0.496 e. The summed E-state index contributed by atoms with van der Waals surface area (Å²) in [5.74, 6) is 0.975. The molecule has 0 aliphatic rings. The number of nitrogens with zero attached hydrogens (tertiary/aromatic N) is 2. The van der Waals surface area contributed by atoms with Gasteiger partial charge in [0.25, 0.3) is 5.89 Å². The lowest BCUT2D eigenvalue weighted by molar-refractivity contribution is -0.115. The van der Waals surface area contributed by atoms with E-state index in [4.69, 9.17) is 9.15 Å². The molecule has 0 unspecified atom stereocenters. The third-order valence-corrected chi connectivity index (χ3v) is 3.95. The summed E-state index contributed by atoms with van der Waals surface area (Å²) in [6.07, 6.45) is 0.223. The van der Waals surface area contributed by atoms with Crippen molar-refractivity contribution in [2.45, 2.75) is 13.3 Å². The van der Waals surface area contributed by atoms with Gasteiger partial charge in [0.15, 0.2) is 0 Å². The number of anilines is 1. The maximum atomic E-state index is 12.1. The molecule has 2 heterocycles. The Balaban J connectivity index is 1.64. The van der Waals surface area contributed by atoms with Crippen LogP contribution in [0.3, 0.4) is 0 Å². The monoisotopic (exact) mass is 329 g/mol. The Morgan fingerprint density at radius 1 is 1.35 bits per heavy atom. The van der Waals surface area contributed by atoms with Gasteiger partial charge in [-0.25, -0.2) is 0 Å². The van der Waals surface area contributed by atoms with Crippen molar-refractivity contribution in [3.8, 4) is 17.2 Å². The minimum Gasteiger partial charge on any atom is -0.496 e. The number of hydrogen-bond donors (Lipinski definition) is 1. The summed E-state index contributed by atoms with van der Waals surface area (Å²) in [6.45, 7) is 1.94. The van der Waals surface area contributed by atoms with E-state index in [2.05, 4.69) is 15.5 Å².